The lowest BCUT2D eigenvalue weighted by atomic mass is 10.2. The molecule has 1 saturated heterocycles. The van der Waals surface area contributed by atoms with Crippen molar-refractivity contribution in [3.8, 4) is 0 Å². The van der Waals surface area contributed by atoms with Gasteiger partial charge < -0.3 is 10.6 Å². The molecule has 2 N–H and O–H groups in total. The summed E-state index contributed by atoms with van der Waals surface area (Å²) in [5, 5.41) is 5.18. The van der Waals surface area contributed by atoms with Crippen LogP contribution in [0.2, 0.25) is 0 Å². The summed E-state index contributed by atoms with van der Waals surface area (Å²) in [6, 6.07) is 15.8. The first kappa shape index (κ1) is 16.4. The molecule has 0 atom stereocenters. The number of nitrogens with zero attached hydrogens (tertiary/aromatic N) is 1. The van der Waals surface area contributed by atoms with Crippen molar-refractivity contribution in [2.24, 2.45) is 0 Å². The minimum absolute atomic E-state index is 0.152. The fourth-order valence-electron chi connectivity index (χ4n) is 2.50. The molecule has 6 heteroatoms. The largest absolute Gasteiger partial charge is 0.329 e. The van der Waals surface area contributed by atoms with Crippen molar-refractivity contribution in [3.05, 3.63) is 71.4 Å². The number of rotatable bonds is 4. The molecule has 1 fully saturated rings. The smallest absolute Gasteiger partial charge is 0.325 e. The molecule has 126 valence electrons. The van der Waals surface area contributed by atoms with E-state index >= 15 is 0 Å². The quantitative estimate of drug-likeness (QED) is 0.666. The van der Waals surface area contributed by atoms with Crippen molar-refractivity contribution < 1.29 is 14.4 Å². The van der Waals surface area contributed by atoms with Crippen LogP contribution in [-0.2, 0) is 9.59 Å². The van der Waals surface area contributed by atoms with Gasteiger partial charge in [-0.1, -0.05) is 42.5 Å². The van der Waals surface area contributed by atoms with Gasteiger partial charge in [0.15, 0.2) is 0 Å². The van der Waals surface area contributed by atoms with E-state index in [-0.39, 0.29) is 12.2 Å². The molecule has 1 aliphatic rings. The van der Waals surface area contributed by atoms with Crippen molar-refractivity contribution >= 4 is 29.6 Å². The Bertz CT molecular complexity index is 859. The van der Waals surface area contributed by atoms with E-state index in [1.807, 2.05) is 55.5 Å². The molecule has 0 bridgehead atoms. The van der Waals surface area contributed by atoms with Gasteiger partial charge in [-0.2, -0.15) is 0 Å². The van der Waals surface area contributed by atoms with Crippen molar-refractivity contribution in [2.45, 2.75) is 6.92 Å². The van der Waals surface area contributed by atoms with E-state index in [1.165, 1.54) is 0 Å². The lowest BCUT2D eigenvalue weighted by Crippen LogP contribution is -2.38. The summed E-state index contributed by atoms with van der Waals surface area (Å²) >= 11 is 0. The summed E-state index contributed by atoms with van der Waals surface area (Å²) in [5.41, 5.74) is 2.56. The summed E-state index contributed by atoms with van der Waals surface area (Å²) in [7, 11) is 0. The monoisotopic (exact) mass is 335 g/mol. The van der Waals surface area contributed by atoms with Crippen LogP contribution in [0.5, 0.6) is 0 Å². The molecule has 1 heterocycles. The molecule has 3 rings (SSSR count). The highest BCUT2D eigenvalue weighted by molar-refractivity contribution is 6.15. The summed E-state index contributed by atoms with van der Waals surface area (Å²) in [5.74, 6) is -0.955. The van der Waals surface area contributed by atoms with E-state index in [0.29, 0.717) is 5.69 Å². The van der Waals surface area contributed by atoms with Gasteiger partial charge in [0.2, 0.25) is 5.91 Å². The maximum absolute atomic E-state index is 12.4. The lowest BCUT2D eigenvalue weighted by molar-refractivity contribution is -0.127. The third-order valence-corrected chi connectivity index (χ3v) is 3.68. The van der Waals surface area contributed by atoms with Gasteiger partial charge in [0.25, 0.3) is 5.91 Å². The zero-order valence-electron chi connectivity index (χ0n) is 13.7. The number of aryl methyl sites for hydroxylation is 1. The number of urea groups is 1. The number of imide groups is 1. The number of carbonyl (C=O) groups is 3. The molecule has 0 aromatic heterocycles. The zero-order valence-corrected chi connectivity index (χ0v) is 13.7. The minimum Gasteiger partial charge on any atom is -0.325 e. The number of hydrogen-bond acceptors (Lipinski definition) is 3. The Balaban J connectivity index is 1.68. The number of anilines is 1. The predicted octanol–water partition coefficient (Wildman–Crippen LogP) is 2.53. The molecule has 4 amide bonds. The Morgan fingerprint density at radius 1 is 1.12 bits per heavy atom. The summed E-state index contributed by atoms with van der Waals surface area (Å²) in [6.45, 7) is 1.57. The SMILES string of the molecule is Cc1cccc(NC(=O)CN2C(=O)N/C(=C\c3ccccc3)C2=O)c1. The summed E-state index contributed by atoms with van der Waals surface area (Å²) in [6.07, 6.45) is 1.58. The topological polar surface area (TPSA) is 78.5 Å². The van der Waals surface area contributed by atoms with E-state index in [1.54, 1.807) is 12.1 Å². The summed E-state index contributed by atoms with van der Waals surface area (Å²) in [4.78, 5) is 37.4. The van der Waals surface area contributed by atoms with Crippen LogP contribution in [0, 0.1) is 6.92 Å². The van der Waals surface area contributed by atoms with Crippen LogP contribution in [0.4, 0.5) is 10.5 Å². The first-order valence-electron chi connectivity index (χ1n) is 7.79. The Morgan fingerprint density at radius 2 is 1.88 bits per heavy atom. The Kier molecular flexibility index (Phi) is 4.61. The van der Waals surface area contributed by atoms with Crippen molar-refractivity contribution in [2.75, 3.05) is 11.9 Å². The number of benzene rings is 2. The van der Waals surface area contributed by atoms with Crippen LogP contribution in [0.1, 0.15) is 11.1 Å². The number of hydrogen-bond donors (Lipinski definition) is 2. The second-order valence-corrected chi connectivity index (χ2v) is 5.71. The van der Waals surface area contributed by atoms with Gasteiger partial charge in [0.1, 0.15) is 12.2 Å². The van der Waals surface area contributed by atoms with Gasteiger partial charge >= 0.3 is 6.03 Å². The van der Waals surface area contributed by atoms with Gasteiger partial charge in [-0.25, -0.2) is 9.69 Å². The highest BCUT2D eigenvalue weighted by Crippen LogP contribution is 2.14. The van der Waals surface area contributed by atoms with Crippen molar-refractivity contribution in [1.82, 2.24) is 10.2 Å². The molecule has 6 nitrogen and oxygen atoms in total. The highest BCUT2D eigenvalue weighted by atomic mass is 16.2. The van der Waals surface area contributed by atoms with Gasteiger partial charge in [0.05, 0.1) is 0 Å². The Hall–Kier alpha value is -3.41. The van der Waals surface area contributed by atoms with Crippen LogP contribution in [0.15, 0.2) is 60.3 Å². The van der Waals surface area contributed by atoms with Crippen LogP contribution in [0.25, 0.3) is 6.08 Å². The molecule has 2 aromatic rings. The summed E-state index contributed by atoms with van der Waals surface area (Å²) < 4.78 is 0. The fraction of sp³-hybridized carbons (Fsp3) is 0.105. The fourth-order valence-corrected chi connectivity index (χ4v) is 2.50. The molecular weight excluding hydrogens is 318 g/mol. The van der Waals surface area contributed by atoms with Gasteiger partial charge in [-0.05, 0) is 36.3 Å². The maximum Gasteiger partial charge on any atom is 0.329 e. The molecule has 2 aromatic carbocycles. The van der Waals surface area contributed by atoms with Crippen LogP contribution < -0.4 is 10.6 Å². The molecule has 0 unspecified atom stereocenters. The number of carbonyl (C=O) groups excluding carboxylic acids is 3. The first-order chi connectivity index (χ1) is 12.0. The van der Waals surface area contributed by atoms with Gasteiger partial charge in [-0.3, -0.25) is 9.59 Å². The molecule has 0 spiro atoms. The highest BCUT2D eigenvalue weighted by Gasteiger charge is 2.34. The predicted molar refractivity (Wildman–Crippen MR) is 94.5 cm³/mol. The van der Waals surface area contributed by atoms with Gasteiger partial charge in [-0.15, -0.1) is 0 Å². The van der Waals surface area contributed by atoms with Gasteiger partial charge in [0, 0.05) is 5.69 Å². The van der Waals surface area contributed by atoms with Crippen LogP contribution in [0.3, 0.4) is 0 Å². The van der Waals surface area contributed by atoms with E-state index < -0.39 is 17.8 Å². The van der Waals surface area contributed by atoms with E-state index in [0.717, 1.165) is 16.0 Å². The normalized spacial score (nSPS) is 15.4. The second kappa shape index (κ2) is 7.00. The van der Waals surface area contributed by atoms with E-state index in [9.17, 15) is 14.4 Å². The van der Waals surface area contributed by atoms with Crippen molar-refractivity contribution in [1.29, 1.82) is 0 Å². The average molecular weight is 335 g/mol. The molecule has 0 saturated carbocycles. The third kappa shape index (κ3) is 3.92. The number of nitrogens with one attached hydrogen (secondary N) is 2. The molecule has 1 aliphatic heterocycles. The van der Waals surface area contributed by atoms with Crippen LogP contribution >= 0.6 is 0 Å². The lowest BCUT2D eigenvalue weighted by Gasteiger charge is -2.12. The molecule has 0 radical (unpaired) electrons. The van der Waals surface area contributed by atoms with E-state index in [2.05, 4.69) is 10.6 Å². The maximum atomic E-state index is 12.4. The molecular formula is C19H17N3O3. The second-order valence-electron chi connectivity index (χ2n) is 5.71. The Morgan fingerprint density at radius 3 is 2.60 bits per heavy atom. The van der Waals surface area contributed by atoms with Crippen LogP contribution in [-0.4, -0.2) is 29.3 Å². The molecule has 0 aliphatic carbocycles. The average Bonchev–Trinajstić information content (AvgIpc) is 2.83. The van der Waals surface area contributed by atoms with E-state index in [4.69, 9.17) is 0 Å². The van der Waals surface area contributed by atoms with Crippen molar-refractivity contribution in [3.63, 3.8) is 0 Å². The minimum atomic E-state index is -0.605. The number of amides is 4. The molecule has 25 heavy (non-hydrogen) atoms. The third-order valence-electron chi connectivity index (χ3n) is 3.68. The Labute approximate surface area is 145 Å². The standard InChI is InChI=1S/C19H17N3O3/c1-13-6-5-9-15(10-13)20-17(23)12-22-18(24)16(21-19(22)25)11-14-7-3-2-4-8-14/h2-11H,12H2,1H3,(H,20,23)(H,21,25)/b16-11-. The zero-order chi connectivity index (χ0) is 17.8. The first-order valence-corrected chi connectivity index (χ1v) is 7.79.